The molecule has 0 aromatic heterocycles. The van der Waals surface area contributed by atoms with Crippen LogP contribution < -0.4 is 20.7 Å². The van der Waals surface area contributed by atoms with E-state index in [2.05, 4.69) is 22.9 Å². The number of hydrogen-bond donors (Lipinski definition) is 3. The number of halogens is 1. The Morgan fingerprint density at radius 1 is 1.23 bits per heavy atom. The number of para-hydroxylation sites is 1. The minimum Gasteiger partial charge on any atom is -0.492 e. The van der Waals surface area contributed by atoms with Gasteiger partial charge >= 0.3 is 0 Å². The molecule has 2 fully saturated rings. The highest BCUT2D eigenvalue weighted by Crippen LogP contribution is 2.35. The maximum absolute atomic E-state index is 15.7. The molecule has 0 aliphatic carbocycles. The standard InChI is InChI=1S/C24H30FN3O3/c1-16-13-24(15-30-14-22(29)28-24)21(27-16)12-17-6-5-8-19(23(17)25)18-7-3-4-9-20(18)31-11-10-26-2/h3-9,16,21,26-27H,10-15H2,1-2H3,(H,28,29)/t16-,21?,24?/m1/s1. The smallest absolute Gasteiger partial charge is 0.246 e. The third-order valence-corrected chi connectivity index (χ3v) is 6.09. The lowest BCUT2D eigenvalue weighted by Gasteiger charge is -2.39. The van der Waals surface area contributed by atoms with Gasteiger partial charge in [0.25, 0.3) is 0 Å². The highest BCUT2D eigenvalue weighted by Gasteiger charge is 2.49. The molecule has 0 bridgehead atoms. The fraction of sp³-hybridized carbons (Fsp3) is 0.458. The second-order valence-electron chi connectivity index (χ2n) is 8.45. The number of benzene rings is 2. The van der Waals surface area contributed by atoms with E-state index in [1.165, 1.54) is 0 Å². The second kappa shape index (κ2) is 9.34. The van der Waals surface area contributed by atoms with E-state index in [9.17, 15) is 4.79 Å². The Hall–Kier alpha value is -2.48. The lowest BCUT2D eigenvalue weighted by molar-refractivity contribution is -0.135. The third kappa shape index (κ3) is 4.59. The number of ether oxygens (including phenoxy) is 2. The van der Waals surface area contributed by atoms with E-state index >= 15 is 4.39 Å². The van der Waals surface area contributed by atoms with Crippen molar-refractivity contribution in [1.29, 1.82) is 0 Å². The van der Waals surface area contributed by atoms with E-state index in [0.717, 1.165) is 12.0 Å². The van der Waals surface area contributed by atoms with Crippen molar-refractivity contribution in [2.24, 2.45) is 0 Å². The first-order valence-corrected chi connectivity index (χ1v) is 10.8. The van der Waals surface area contributed by atoms with Gasteiger partial charge in [0.15, 0.2) is 0 Å². The van der Waals surface area contributed by atoms with Gasteiger partial charge in [0.2, 0.25) is 5.91 Å². The van der Waals surface area contributed by atoms with E-state index in [-0.39, 0.29) is 30.4 Å². The Morgan fingerprint density at radius 3 is 2.84 bits per heavy atom. The first kappa shape index (κ1) is 21.7. The first-order valence-electron chi connectivity index (χ1n) is 10.8. The van der Waals surface area contributed by atoms with E-state index in [4.69, 9.17) is 9.47 Å². The first-order chi connectivity index (χ1) is 15.0. The summed E-state index contributed by atoms with van der Waals surface area (Å²) in [5.74, 6) is 0.284. The molecular formula is C24H30FN3O3. The molecular weight excluding hydrogens is 397 g/mol. The molecule has 3 N–H and O–H groups in total. The van der Waals surface area contributed by atoms with E-state index in [0.29, 0.717) is 43.1 Å². The quantitative estimate of drug-likeness (QED) is 0.592. The highest BCUT2D eigenvalue weighted by molar-refractivity contribution is 5.79. The Kier molecular flexibility index (Phi) is 6.55. The Morgan fingerprint density at radius 2 is 2.03 bits per heavy atom. The molecule has 0 saturated carbocycles. The fourth-order valence-corrected chi connectivity index (χ4v) is 4.72. The Bertz CT molecular complexity index is 938. The maximum atomic E-state index is 15.7. The van der Waals surface area contributed by atoms with E-state index in [1.807, 2.05) is 43.4 Å². The molecule has 7 heteroatoms. The Balaban J connectivity index is 1.61. The van der Waals surface area contributed by atoms with Crippen LogP contribution in [0.25, 0.3) is 11.1 Å². The zero-order chi connectivity index (χ0) is 21.8. The summed E-state index contributed by atoms with van der Waals surface area (Å²) >= 11 is 0. The van der Waals surface area contributed by atoms with E-state index < -0.39 is 5.54 Å². The average Bonchev–Trinajstić information content (AvgIpc) is 3.04. The predicted octanol–water partition coefficient (Wildman–Crippen LogP) is 2.27. The SMILES string of the molecule is CNCCOc1ccccc1-c1cccc(CC2N[C@H](C)CC23COCC(=O)N3)c1F. The van der Waals surface area contributed by atoms with Gasteiger partial charge in [-0.15, -0.1) is 0 Å². The maximum Gasteiger partial charge on any atom is 0.246 e. The summed E-state index contributed by atoms with van der Waals surface area (Å²) in [6.45, 7) is 3.80. The van der Waals surface area contributed by atoms with Crippen LogP contribution in [0.5, 0.6) is 5.75 Å². The molecule has 1 spiro atoms. The van der Waals surface area contributed by atoms with Crippen molar-refractivity contribution in [2.45, 2.75) is 37.4 Å². The number of likely N-dealkylation sites (N-methyl/N-ethyl adjacent to an activating group) is 1. The van der Waals surface area contributed by atoms with Gasteiger partial charge in [-0.2, -0.15) is 0 Å². The summed E-state index contributed by atoms with van der Waals surface area (Å²) in [6.07, 6.45) is 1.21. The number of carbonyl (C=O) groups excluding carboxylic acids is 1. The Labute approximate surface area is 182 Å². The lowest BCUT2D eigenvalue weighted by Crippen LogP contribution is -2.63. The van der Waals surface area contributed by atoms with Gasteiger partial charge in [-0.05, 0) is 38.4 Å². The van der Waals surface area contributed by atoms with Crippen molar-refractivity contribution in [2.75, 3.05) is 33.4 Å². The summed E-state index contributed by atoms with van der Waals surface area (Å²) in [7, 11) is 1.86. The summed E-state index contributed by atoms with van der Waals surface area (Å²) in [6, 6.07) is 13.1. The molecule has 2 aliphatic rings. The van der Waals surface area contributed by atoms with Crippen LogP contribution in [0.1, 0.15) is 18.9 Å². The lowest BCUT2D eigenvalue weighted by atomic mass is 9.85. The number of carbonyl (C=O) groups is 1. The molecule has 2 saturated heterocycles. The van der Waals surface area contributed by atoms with E-state index in [1.54, 1.807) is 6.07 Å². The van der Waals surface area contributed by atoms with Gasteiger partial charge in [-0.25, -0.2) is 4.39 Å². The van der Waals surface area contributed by atoms with Crippen LogP contribution in [0.4, 0.5) is 4.39 Å². The molecule has 2 unspecified atom stereocenters. The van der Waals surface area contributed by atoms with Crippen molar-refractivity contribution in [3.05, 3.63) is 53.8 Å². The number of hydrogen-bond acceptors (Lipinski definition) is 5. The van der Waals surface area contributed by atoms with Crippen LogP contribution in [0.3, 0.4) is 0 Å². The number of morpholine rings is 1. The molecule has 1 amide bonds. The normalized spacial score (nSPS) is 25.6. The summed E-state index contributed by atoms with van der Waals surface area (Å²) in [5, 5.41) is 9.69. The fourth-order valence-electron chi connectivity index (χ4n) is 4.72. The van der Waals surface area contributed by atoms with Gasteiger partial charge in [-0.1, -0.05) is 36.4 Å². The molecule has 0 radical (unpaired) electrons. The molecule has 3 atom stereocenters. The molecule has 31 heavy (non-hydrogen) atoms. The van der Waals surface area contributed by atoms with Gasteiger partial charge < -0.3 is 25.4 Å². The van der Waals surface area contributed by atoms with Crippen LogP contribution >= 0.6 is 0 Å². The molecule has 2 aromatic rings. The third-order valence-electron chi connectivity index (χ3n) is 6.09. The van der Waals surface area contributed by atoms with Crippen molar-refractivity contribution < 1.29 is 18.7 Å². The largest absolute Gasteiger partial charge is 0.492 e. The van der Waals surface area contributed by atoms with Gasteiger partial charge in [-0.3, -0.25) is 4.79 Å². The number of rotatable bonds is 7. The molecule has 2 heterocycles. The van der Waals surface area contributed by atoms with Crippen LogP contribution in [0.15, 0.2) is 42.5 Å². The summed E-state index contributed by atoms with van der Waals surface area (Å²) in [5.41, 5.74) is 1.34. The van der Waals surface area contributed by atoms with Crippen LogP contribution in [-0.2, 0) is 16.0 Å². The van der Waals surface area contributed by atoms with Crippen molar-refractivity contribution in [1.82, 2.24) is 16.0 Å². The van der Waals surface area contributed by atoms with Crippen molar-refractivity contribution in [3.8, 4) is 16.9 Å². The highest BCUT2D eigenvalue weighted by atomic mass is 19.1. The monoisotopic (exact) mass is 427 g/mol. The molecule has 6 nitrogen and oxygen atoms in total. The summed E-state index contributed by atoms with van der Waals surface area (Å²) in [4.78, 5) is 12.0. The minimum absolute atomic E-state index is 0.0804. The number of amides is 1. The topological polar surface area (TPSA) is 71.6 Å². The summed E-state index contributed by atoms with van der Waals surface area (Å²) < 4.78 is 27.1. The van der Waals surface area contributed by atoms with Crippen molar-refractivity contribution >= 4 is 5.91 Å². The second-order valence-corrected chi connectivity index (χ2v) is 8.45. The molecule has 2 aromatic carbocycles. The van der Waals surface area contributed by atoms with Crippen LogP contribution in [0, 0.1) is 5.82 Å². The molecule has 2 aliphatic heterocycles. The van der Waals surface area contributed by atoms with Crippen molar-refractivity contribution in [3.63, 3.8) is 0 Å². The molecule has 166 valence electrons. The zero-order valence-corrected chi connectivity index (χ0v) is 18.0. The average molecular weight is 428 g/mol. The van der Waals surface area contributed by atoms with Gasteiger partial charge in [0.05, 0.1) is 12.1 Å². The van der Waals surface area contributed by atoms with Gasteiger partial charge in [0.1, 0.15) is 24.8 Å². The van der Waals surface area contributed by atoms with Crippen LogP contribution in [0.2, 0.25) is 0 Å². The predicted molar refractivity (Wildman–Crippen MR) is 118 cm³/mol. The minimum atomic E-state index is -0.509. The van der Waals surface area contributed by atoms with Gasteiger partial charge in [0, 0.05) is 29.8 Å². The zero-order valence-electron chi connectivity index (χ0n) is 18.0. The number of nitrogens with one attached hydrogen (secondary N) is 3. The van der Waals surface area contributed by atoms with Crippen LogP contribution in [-0.4, -0.2) is 56.9 Å². The molecule has 4 rings (SSSR count).